The van der Waals surface area contributed by atoms with Crippen molar-refractivity contribution in [3.63, 3.8) is 0 Å². The highest BCUT2D eigenvalue weighted by Gasteiger charge is 2.40. The summed E-state index contributed by atoms with van der Waals surface area (Å²) in [6.45, 7) is 5.64. The Hall–Kier alpha value is 0.400. The lowest BCUT2D eigenvalue weighted by atomic mass is 9.70. The zero-order valence-corrected chi connectivity index (χ0v) is 12.8. The molecular weight excluding hydrogens is 278 g/mol. The third-order valence-corrected chi connectivity index (χ3v) is 5.89. The van der Waals surface area contributed by atoms with Gasteiger partial charge in [-0.2, -0.15) is 0 Å². The molecule has 3 heteroatoms. The van der Waals surface area contributed by atoms with Crippen molar-refractivity contribution in [3.05, 3.63) is 0 Å². The van der Waals surface area contributed by atoms with E-state index >= 15 is 0 Å². The molecule has 0 spiro atoms. The fraction of sp³-hybridized carbons (Fsp3) is 1.00. The molecule has 2 aliphatic rings. The Labute approximate surface area is 114 Å². The predicted molar refractivity (Wildman–Crippen MR) is 75.7 cm³/mol. The van der Waals surface area contributed by atoms with E-state index in [4.69, 9.17) is 4.74 Å². The van der Waals surface area contributed by atoms with E-state index in [0.717, 1.165) is 25.1 Å². The SMILES string of the molecule is COCCN(CC1(CBr)CCC1)C(C)C1CC1. The van der Waals surface area contributed by atoms with E-state index in [2.05, 4.69) is 27.8 Å². The van der Waals surface area contributed by atoms with Crippen LogP contribution in [0.15, 0.2) is 0 Å². The van der Waals surface area contributed by atoms with Crippen LogP contribution in [0.2, 0.25) is 0 Å². The molecule has 0 amide bonds. The van der Waals surface area contributed by atoms with Crippen molar-refractivity contribution in [1.29, 1.82) is 0 Å². The zero-order chi connectivity index (χ0) is 12.3. The Bertz CT molecular complexity index is 233. The Morgan fingerprint density at radius 3 is 2.53 bits per heavy atom. The second-order valence-electron chi connectivity index (χ2n) is 6.03. The van der Waals surface area contributed by atoms with E-state index in [1.165, 1.54) is 44.0 Å². The third kappa shape index (κ3) is 3.45. The summed E-state index contributed by atoms with van der Waals surface area (Å²) in [4.78, 5) is 2.68. The molecule has 0 heterocycles. The van der Waals surface area contributed by atoms with Crippen LogP contribution < -0.4 is 0 Å². The van der Waals surface area contributed by atoms with Crippen LogP contribution in [-0.2, 0) is 4.74 Å². The lowest BCUT2D eigenvalue weighted by Gasteiger charge is -2.45. The lowest BCUT2D eigenvalue weighted by molar-refractivity contribution is 0.0438. The molecule has 100 valence electrons. The first-order valence-corrected chi connectivity index (χ1v) is 8.12. The number of methoxy groups -OCH3 is 1. The van der Waals surface area contributed by atoms with Crippen molar-refractivity contribution in [2.45, 2.75) is 45.1 Å². The van der Waals surface area contributed by atoms with Crippen LogP contribution in [0, 0.1) is 11.3 Å². The van der Waals surface area contributed by atoms with E-state index in [9.17, 15) is 0 Å². The standard InChI is InChI=1S/C14H26BrNO/c1-12(13-4-5-13)16(8-9-17-2)11-14(10-15)6-3-7-14/h12-13H,3-11H2,1-2H3. The normalized spacial score (nSPS) is 24.7. The summed E-state index contributed by atoms with van der Waals surface area (Å²) in [5.41, 5.74) is 0.566. The maximum absolute atomic E-state index is 5.27. The van der Waals surface area contributed by atoms with Crippen molar-refractivity contribution in [2.24, 2.45) is 11.3 Å². The molecule has 0 aromatic rings. The average molecular weight is 304 g/mol. The van der Waals surface area contributed by atoms with Gasteiger partial charge in [-0.15, -0.1) is 0 Å². The predicted octanol–water partition coefficient (Wildman–Crippen LogP) is 3.30. The molecular formula is C14H26BrNO. The largest absolute Gasteiger partial charge is 0.383 e. The fourth-order valence-corrected chi connectivity index (χ4v) is 3.69. The number of hydrogen-bond acceptors (Lipinski definition) is 2. The molecule has 1 atom stereocenters. The molecule has 2 saturated carbocycles. The molecule has 0 aromatic heterocycles. The second kappa shape index (κ2) is 6.03. The van der Waals surface area contributed by atoms with Crippen LogP contribution >= 0.6 is 15.9 Å². The van der Waals surface area contributed by atoms with Crippen LogP contribution in [-0.4, -0.2) is 43.1 Å². The van der Waals surface area contributed by atoms with Gasteiger partial charge >= 0.3 is 0 Å². The van der Waals surface area contributed by atoms with Gasteiger partial charge in [-0.05, 0) is 43.9 Å². The molecule has 2 rings (SSSR count). The van der Waals surface area contributed by atoms with E-state index in [1.54, 1.807) is 0 Å². The molecule has 2 fully saturated rings. The van der Waals surface area contributed by atoms with Crippen molar-refractivity contribution in [2.75, 3.05) is 32.1 Å². The van der Waals surface area contributed by atoms with Gasteiger partial charge in [-0.3, -0.25) is 4.90 Å². The first-order valence-electron chi connectivity index (χ1n) is 7.00. The van der Waals surface area contributed by atoms with Crippen LogP contribution in [0.5, 0.6) is 0 Å². The highest BCUT2D eigenvalue weighted by Crippen LogP contribution is 2.44. The molecule has 0 N–H and O–H groups in total. The fourth-order valence-electron chi connectivity index (χ4n) is 2.95. The molecule has 0 saturated heterocycles. The van der Waals surface area contributed by atoms with E-state index in [-0.39, 0.29) is 0 Å². The summed E-state index contributed by atoms with van der Waals surface area (Å²) in [7, 11) is 1.81. The Kier molecular flexibility index (Phi) is 4.90. The van der Waals surface area contributed by atoms with Gasteiger partial charge in [0.1, 0.15) is 0 Å². The molecule has 0 radical (unpaired) electrons. The number of ether oxygens (including phenoxy) is 1. The summed E-state index contributed by atoms with van der Waals surface area (Å²) in [6.07, 6.45) is 7.09. The van der Waals surface area contributed by atoms with Gasteiger partial charge in [0.15, 0.2) is 0 Å². The quantitative estimate of drug-likeness (QED) is 0.638. The minimum Gasteiger partial charge on any atom is -0.383 e. The van der Waals surface area contributed by atoms with E-state index in [1.807, 2.05) is 7.11 Å². The molecule has 0 aliphatic heterocycles. The van der Waals surface area contributed by atoms with Crippen LogP contribution in [0.1, 0.15) is 39.0 Å². The van der Waals surface area contributed by atoms with Crippen molar-refractivity contribution in [1.82, 2.24) is 4.90 Å². The summed E-state index contributed by atoms with van der Waals surface area (Å²) < 4.78 is 5.27. The molecule has 1 unspecified atom stereocenters. The minimum absolute atomic E-state index is 0.566. The molecule has 2 nitrogen and oxygen atoms in total. The van der Waals surface area contributed by atoms with Gasteiger partial charge < -0.3 is 4.74 Å². The number of halogens is 1. The maximum atomic E-state index is 5.27. The van der Waals surface area contributed by atoms with E-state index < -0.39 is 0 Å². The van der Waals surface area contributed by atoms with Gasteiger partial charge in [0.2, 0.25) is 0 Å². The lowest BCUT2D eigenvalue weighted by Crippen LogP contribution is -2.48. The van der Waals surface area contributed by atoms with Gasteiger partial charge in [0.05, 0.1) is 6.61 Å². The number of alkyl halides is 1. The van der Waals surface area contributed by atoms with Crippen LogP contribution in [0.4, 0.5) is 0 Å². The number of hydrogen-bond donors (Lipinski definition) is 0. The third-order valence-electron chi connectivity index (χ3n) is 4.70. The Balaban J connectivity index is 1.89. The molecule has 2 aliphatic carbocycles. The zero-order valence-electron chi connectivity index (χ0n) is 11.3. The van der Waals surface area contributed by atoms with Crippen molar-refractivity contribution >= 4 is 15.9 Å². The minimum atomic E-state index is 0.566. The van der Waals surface area contributed by atoms with Gasteiger partial charge in [0, 0.05) is 31.6 Å². The van der Waals surface area contributed by atoms with Crippen LogP contribution in [0.3, 0.4) is 0 Å². The van der Waals surface area contributed by atoms with Gasteiger partial charge in [0.25, 0.3) is 0 Å². The van der Waals surface area contributed by atoms with Gasteiger partial charge in [-0.25, -0.2) is 0 Å². The highest BCUT2D eigenvalue weighted by molar-refractivity contribution is 9.09. The summed E-state index contributed by atoms with van der Waals surface area (Å²) in [5.74, 6) is 0.958. The van der Waals surface area contributed by atoms with E-state index in [0.29, 0.717) is 5.41 Å². The monoisotopic (exact) mass is 303 g/mol. The molecule has 17 heavy (non-hydrogen) atoms. The highest BCUT2D eigenvalue weighted by atomic mass is 79.9. The second-order valence-corrected chi connectivity index (χ2v) is 6.59. The Morgan fingerprint density at radius 2 is 2.12 bits per heavy atom. The van der Waals surface area contributed by atoms with Crippen molar-refractivity contribution in [3.8, 4) is 0 Å². The van der Waals surface area contributed by atoms with Crippen molar-refractivity contribution < 1.29 is 4.74 Å². The van der Waals surface area contributed by atoms with Crippen LogP contribution in [0.25, 0.3) is 0 Å². The maximum Gasteiger partial charge on any atom is 0.0589 e. The summed E-state index contributed by atoms with van der Waals surface area (Å²) >= 11 is 3.72. The first-order chi connectivity index (χ1) is 8.21. The number of nitrogens with zero attached hydrogens (tertiary/aromatic N) is 1. The number of rotatable bonds is 8. The molecule has 0 aromatic carbocycles. The first kappa shape index (κ1) is 13.8. The Morgan fingerprint density at radius 1 is 1.41 bits per heavy atom. The average Bonchev–Trinajstić information content (AvgIpc) is 3.10. The topological polar surface area (TPSA) is 12.5 Å². The smallest absolute Gasteiger partial charge is 0.0589 e. The summed E-state index contributed by atoms with van der Waals surface area (Å²) in [6, 6.07) is 0.752. The molecule has 0 bridgehead atoms. The summed E-state index contributed by atoms with van der Waals surface area (Å²) in [5, 5.41) is 1.17. The van der Waals surface area contributed by atoms with Gasteiger partial charge in [-0.1, -0.05) is 22.4 Å².